The molecule has 0 bridgehead atoms. The molecule has 1 saturated carbocycles. The van der Waals surface area contributed by atoms with E-state index in [-0.39, 0.29) is 5.41 Å². The first-order chi connectivity index (χ1) is 8.24. The highest BCUT2D eigenvalue weighted by Crippen LogP contribution is 2.45. The zero-order valence-corrected chi connectivity index (χ0v) is 10.4. The van der Waals surface area contributed by atoms with E-state index in [1.165, 1.54) is 24.0 Å². The molecule has 1 atom stereocenters. The van der Waals surface area contributed by atoms with Crippen LogP contribution in [0.15, 0.2) is 42.0 Å². The Hall–Kier alpha value is -1.55. The Morgan fingerprint density at radius 3 is 2.82 bits per heavy atom. The highest BCUT2D eigenvalue weighted by atomic mass is 14.4. The first-order valence-corrected chi connectivity index (χ1v) is 6.38. The van der Waals surface area contributed by atoms with Gasteiger partial charge in [-0.15, -0.1) is 0 Å². The summed E-state index contributed by atoms with van der Waals surface area (Å²) in [6, 6.07) is 12.8. The number of nitrogens with zero attached hydrogens (tertiary/aromatic N) is 1. The number of allylic oxidation sites excluding steroid dienone is 2. The van der Waals surface area contributed by atoms with E-state index < -0.39 is 0 Å². The van der Waals surface area contributed by atoms with Crippen LogP contribution in [0.1, 0.15) is 38.2 Å². The van der Waals surface area contributed by atoms with Crippen LogP contribution < -0.4 is 0 Å². The molecule has 88 valence electrons. The average Bonchev–Trinajstić information content (AvgIpc) is 2.71. The second-order valence-corrected chi connectivity index (χ2v) is 5.20. The Balaban J connectivity index is 2.03. The molecule has 0 unspecified atom stereocenters. The summed E-state index contributed by atoms with van der Waals surface area (Å²) < 4.78 is 0. The fourth-order valence-electron chi connectivity index (χ4n) is 2.81. The molecule has 1 aromatic carbocycles. The predicted molar refractivity (Wildman–Crippen MR) is 70.4 cm³/mol. The topological polar surface area (TPSA) is 23.8 Å². The molecule has 0 spiro atoms. The van der Waals surface area contributed by atoms with Crippen LogP contribution >= 0.6 is 0 Å². The van der Waals surface area contributed by atoms with Crippen LogP contribution in [-0.2, 0) is 6.42 Å². The normalized spacial score (nSPS) is 26.0. The molecular weight excluding hydrogens is 206 g/mol. The Kier molecular flexibility index (Phi) is 3.64. The lowest BCUT2D eigenvalue weighted by atomic mass is 9.79. The van der Waals surface area contributed by atoms with E-state index in [4.69, 9.17) is 5.26 Å². The number of benzene rings is 1. The highest BCUT2D eigenvalue weighted by Gasteiger charge is 2.32. The summed E-state index contributed by atoms with van der Waals surface area (Å²) in [4.78, 5) is 0. The first-order valence-electron chi connectivity index (χ1n) is 6.38. The van der Waals surface area contributed by atoms with Crippen molar-refractivity contribution < 1.29 is 0 Å². The zero-order chi connectivity index (χ0) is 12.1. The summed E-state index contributed by atoms with van der Waals surface area (Å²) in [7, 11) is 0. The number of aryl methyl sites for hydroxylation is 1. The monoisotopic (exact) mass is 225 g/mol. The van der Waals surface area contributed by atoms with E-state index in [0.717, 1.165) is 19.3 Å². The minimum atomic E-state index is 0.256. The van der Waals surface area contributed by atoms with Gasteiger partial charge in [-0.2, -0.15) is 5.26 Å². The maximum absolute atomic E-state index is 8.82. The van der Waals surface area contributed by atoms with Gasteiger partial charge < -0.3 is 0 Å². The zero-order valence-electron chi connectivity index (χ0n) is 10.4. The second-order valence-electron chi connectivity index (χ2n) is 5.20. The molecule has 1 nitrogen and oxygen atoms in total. The standard InChI is InChI=1S/C16H19N/c1-16(11-5-8-15(16)10-13-17)12-9-14-6-3-2-4-7-14/h2-4,6-7,10H,5,8-9,11-12H2,1H3/b15-10+/t16-/m1/s1. The van der Waals surface area contributed by atoms with Gasteiger partial charge in [0.05, 0.1) is 6.07 Å². The molecule has 1 aliphatic carbocycles. The number of hydrogen-bond donors (Lipinski definition) is 0. The minimum Gasteiger partial charge on any atom is -0.193 e. The third-order valence-electron chi connectivity index (χ3n) is 4.00. The molecule has 1 aromatic rings. The van der Waals surface area contributed by atoms with Crippen molar-refractivity contribution in [3.63, 3.8) is 0 Å². The predicted octanol–water partition coefficient (Wildman–Crippen LogP) is 4.26. The van der Waals surface area contributed by atoms with Crippen molar-refractivity contribution in [3.8, 4) is 6.07 Å². The molecule has 0 aromatic heterocycles. The molecular formula is C16H19N. The van der Waals surface area contributed by atoms with Crippen LogP contribution in [0.25, 0.3) is 0 Å². The van der Waals surface area contributed by atoms with Crippen molar-refractivity contribution in [1.29, 1.82) is 5.26 Å². The largest absolute Gasteiger partial charge is 0.193 e. The van der Waals surface area contributed by atoms with Crippen molar-refractivity contribution in [1.82, 2.24) is 0 Å². The summed E-state index contributed by atoms with van der Waals surface area (Å²) in [5.74, 6) is 0. The molecule has 0 saturated heterocycles. The number of rotatable bonds is 3. The smallest absolute Gasteiger partial charge is 0.0911 e. The second kappa shape index (κ2) is 5.19. The SMILES string of the molecule is C[C@]1(CCc2ccccc2)CCC/C1=C\C#N. The quantitative estimate of drug-likeness (QED) is 0.705. The highest BCUT2D eigenvalue weighted by molar-refractivity contribution is 5.25. The lowest BCUT2D eigenvalue weighted by molar-refractivity contribution is 0.376. The van der Waals surface area contributed by atoms with E-state index >= 15 is 0 Å². The Labute approximate surface area is 104 Å². The van der Waals surface area contributed by atoms with Gasteiger partial charge in [0.25, 0.3) is 0 Å². The van der Waals surface area contributed by atoms with E-state index in [0.29, 0.717) is 0 Å². The summed E-state index contributed by atoms with van der Waals surface area (Å²) in [5.41, 5.74) is 3.01. The minimum absolute atomic E-state index is 0.256. The fraction of sp³-hybridized carbons (Fsp3) is 0.438. The van der Waals surface area contributed by atoms with Crippen molar-refractivity contribution in [2.75, 3.05) is 0 Å². The summed E-state index contributed by atoms with van der Waals surface area (Å²) in [6.45, 7) is 2.31. The van der Waals surface area contributed by atoms with Crippen molar-refractivity contribution in [3.05, 3.63) is 47.5 Å². The van der Waals surface area contributed by atoms with Gasteiger partial charge in [-0.3, -0.25) is 0 Å². The molecule has 2 rings (SSSR count). The van der Waals surface area contributed by atoms with E-state index in [1.54, 1.807) is 6.08 Å². The molecule has 1 heteroatoms. The third-order valence-corrected chi connectivity index (χ3v) is 4.00. The van der Waals surface area contributed by atoms with E-state index in [9.17, 15) is 0 Å². The van der Waals surface area contributed by atoms with Gasteiger partial charge in [-0.25, -0.2) is 0 Å². The van der Waals surface area contributed by atoms with Crippen LogP contribution in [0.4, 0.5) is 0 Å². The maximum atomic E-state index is 8.82. The van der Waals surface area contributed by atoms with Crippen LogP contribution in [0.3, 0.4) is 0 Å². The first kappa shape index (κ1) is 11.9. The van der Waals surface area contributed by atoms with Crippen molar-refractivity contribution in [2.24, 2.45) is 5.41 Å². The van der Waals surface area contributed by atoms with Crippen LogP contribution in [0.5, 0.6) is 0 Å². The van der Waals surface area contributed by atoms with Crippen LogP contribution in [0, 0.1) is 16.7 Å². The maximum Gasteiger partial charge on any atom is 0.0911 e. The third kappa shape index (κ3) is 2.77. The Bertz CT molecular complexity index is 438. The molecule has 1 aliphatic rings. The average molecular weight is 225 g/mol. The Morgan fingerprint density at radius 1 is 1.35 bits per heavy atom. The van der Waals surface area contributed by atoms with Crippen LogP contribution in [0.2, 0.25) is 0 Å². The summed E-state index contributed by atoms with van der Waals surface area (Å²) in [6.07, 6.45) is 7.62. The summed E-state index contributed by atoms with van der Waals surface area (Å²) >= 11 is 0. The van der Waals surface area contributed by atoms with E-state index in [1.807, 2.05) is 0 Å². The van der Waals surface area contributed by atoms with Gasteiger partial charge >= 0.3 is 0 Å². The molecule has 0 amide bonds. The number of hydrogen-bond acceptors (Lipinski definition) is 1. The van der Waals surface area contributed by atoms with Gasteiger partial charge in [0.15, 0.2) is 0 Å². The molecule has 0 radical (unpaired) electrons. The lowest BCUT2D eigenvalue weighted by Crippen LogP contribution is -2.14. The summed E-state index contributed by atoms with van der Waals surface area (Å²) in [5, 5.41) is 8.82. The van der Waals surface area contributed by atoms with Crippen LogP contribution in [-0.4, -0.2) is 0 Å². The fourth-order valence-corrected chi connectivity index (χ4v) is 2.81. The van der Waals surface area contributed by atoms with Crippen molar-refractivity contribution >= 4 is 0 Å². The van der Waals surface area contributed by atoms with Gasteiger partial charge in [0.2, 0.25) is 0 Å². The molecule has 0 aliphatic heterocycles. The van der Waals surface area contributed by atoms with Gasteiger partial charge in [0.1, 0.15) is 0 Å². The molecule has 0 N–H and O–H groups in total. The number of nitriles is 1. The lowest BCUT2D eigenvalue weighted by Gasteiger charge is -2.25. The van der Waals surface area contributed by atoms with E-state index in [2.05, 4.69) is 43.3 Å². The van der Waals surface area contributed by atoms with Gasteiger partial charge in [-0.1, -0.05) is 42.8 Å². The molecule has 1 fully saturated rings. The van der Waals surface area contributed by atoms with Gasteiger partial charge in [-0.05, 0) is 43.1 Å². The molecule has 17 heavy (non-hydrogen) atoms. The van der Waals surface area contributed by atoms with Crippen molar-refractivity contribution in [2.45, 2.75) is 39.0 Å². The Morgan fingerprint density at radius 2 is 2.12 bits per heavy atom. The molecule has 0 heterocycles. The van der Waals surface area contributed by atoms with Gasteiger partial charge in [0, 0.05) is 6.08 Å².